The first-order chi connectivity index (χ1) is 10.5. The Hall–Kier alpha value is -2.68. The third-order valence-corrected chi connectivity index (χ3v) is 2.61. The molecule has 0 radical (unpaired) electrons. The molecule has 0 bridgehead atoms. The molecule has 0 fully saturated rings. The number of carbonyl (C=O) groups excluding carboxylic acids is 1. The lowest BCUT2D eigenvalue weighted by Gasteiger charge is -2.13. The topological polar surface area (TPSA) is 152 Å². The van der Waals surface area contributed by atoms with E-state index in [4.69, 9.17) is 21.6 Å². The zero-order valence-electron chi connectivity index (χ0n) is 12.6. The van der Waals surface area contributed by atoms with E-state index in [1.54, 1.807) is 6.92 Å². The molecule has 1 aromatic rings. The number of rotatable bonds is 6. The van der Waals surface area contributed by atoms with E-state index < -0.39 is 0 Å². The fraction of sp³-hybridized carbons (Fsp3) is 0.385. The number of hydrogen-bond donors (Lipinski definition) is 5. The van der Waals surface area contributed by atoms with Gasteiger partial charge >= 0.3 is 6.03 Å². The number of pyridine rings is 1. The van der Waals surface area contributed by atoms with Crippen LogP contribution >= 0.6 is 0 Å². The van der Waals surface area contributed by atoms with E-state index >= 15 is 0 Å². The van der Waals surface area contributed by atoms with Gasteiger partial charge in [0.05, 0.1) is 24.9 Å². The van der Waals surface area contributed by atoms with Gasteiger partial charge in [0.2, 0.25) is 5.90 Å². The van der Waals surface area contributed by atoms with Crippen LogP contribution in [0.25, 0.3) is 0 Å². The number of aromatic nitrogens is 1. The van der Waals surface area contributed by atoms with Crippen LogP contribution in [0.4, 0.5) is 16.3 Å². The molecule has 0 atom stereocenters. The number of ether oxygens (including phenoxy) is 1. The molecule has 0 aliphatic carbocycles. The molecular weight excluding hydrogens is 286 g/mol. The summed E-state index contributed by atoms with van der Waals surface area (Å²) in [7, 11) is 1.37. The molecule has 9 heteroatoms. The van der Waals surface area contributed by atoms with Gasteiger partial charge in [0, 0.05) is 31.1 Å². The number of amides is 2. The van der Waals surface area contributed by atoms with Gasteiger partial charge in [-0.05, 0) is 6.92 Å². The molecule has 0 unspecified atom stereocenters. The Balaban J connectivity index is 3.15. The smallest absolute Gasteiger partial charge is 0.320 e. The van der Waals surface area contributed by atoms with Crippen molar-refractivity contribution >= 4 is 29.6 Å². The molecule has 22 heavy (non-hydrogen) atoms. The van der Waals surface area contributed by atoms with Gasteiger partial charge in [0.25, 0.3) is 0 Å². The lowest BCUT2D eigenvalue weighted by Crippen LogP contribution is -2.29. The van der Waals surface area contributed by atoms with Crippen molar-refractivity contribution in [2.24, 2.45) is 10.7 Å². The number of nitrogens with zero attached hydrogens (tertiary/aromatic N) is 2. The predicted octanol–water partition coefficient (Wildman–Crippen LogP) is 0.306. The van der Waals surface area contributed by atoms with Crippen LogP contribution in [0.1, 0.15) is 18.2 Å². The second kappa shape index (κ2) is 8.57. The maximum absolute atomic E-state index is 11.6. The number of anilines is 2. The third-order valence-electron chi connectivity index (χ3n) is 2.61. The van der Waals surface area contributed by atoms with Crippen LogP contribution in [0.2, 0.25) is 0 Å². The van der Waals surface area contributed by atoms with E-state index in [9.17, 15) is 4.79 Å². The molecule has 9 nitrogen and oxygen atoms in total. The number of nitrogen functional groups attached to an aromatic ring is 1. The average Bonchev–Trinajstić information content (AvgIpc) is 2.46. The van der Waals surface area contributed by atoms with E-state index in [1.807, 2.05) is 0 Å². The van der Waals surface area contributed by atoms with Crippen LogP contribution in [-0.2, 0) is 11.3 Å². The number of carbonyl (C=O) groups is 1. The Bertz CT molecular complexity index is 572. The van der Waals surface area contributed by atoms with Crippen molar-refractivity contribution in [2.45, 2.75) is 13.5 Å². The largest absolute Gasteiger partial charge is 0.481 e. The third kappa shape index (κ3) is 4.70. The highest BCUT2D eigenvalue weighted by Crippen LogP contribution is 2.21. The van der Waals surface area contributed by atoms with Gasteiger partial charge in [-0.15, -0.1) is 0 Å². The minimum atomic E-state index is -0.389. The molecule has 7 N–H and O–H groups in total. The maximum atomic E-state index is 11.6. The fourth-order valence-corrected chi connectivity index (χ4v) is 1.71. The molecule has 1 rings (SSSR count). The Kier molecular flexibility index (Phi) is 6.77. The summed E-state index contributed by atoms with van der Waals surface area (Å²) in [6.07, 6.45) is 1.53. The predicted molar refractivity (Wildman–Crippen MR) is 86.4 cm³/mol. The van der Waals surface area contributed by atoms with Crippen molar-refractivity contribution in [3.05, 3.63) is 17.3 Å². The van der Waals surface area contributed by atoms with Gasteiger partial charge < -0.3 is 21.5 Å². The highest BCUT2D eigenvalue weighted by Gasteiger charge is 2.16. The van der Waals surface area contributed by atoms with Crippen LogP contribution in [-0.4, -0.2) is 43.3 Å². The van der Waals surface area contributed by atoms with E-state index in [2.05, 4.69) is 20.6 Å². The van der Waals surface area contributed by atoms with Crippen LogP contribution in [0.15, 0.2) is 11.1 Å². The first kappa shape index (κ1) is 17.4. The second-order valence-corrected chi connectivity index (χ2v) is 4.20. The average molecular weight is 307 g/mol. The lowest BCUT2D eigenvalue weighted by molar-refractivity contribution is 0.252. The molecule has 120 valence electrons. The number of urea groups is 1. The van der Waals surface area contributed by atoms with Gasteiger partial charge in [-0.1, -0.05) is 0 Å². The molecule has 0 saturated carbocycles. The minimum absolute atomic E-state index is 0.118. The Labute approximate surface area is 128 Å². The van der Waals surface area contributed by atoms with Crippen LogP contribution < -0.4 is 22.1 Å². The quantitative estimate of drug-likeness (QED) is 0.378. The number of nitrogens with two attached hydrogens (primary N) is 2. The van der Waals surface area contributed by atoms with Gasteiger partial charge in [-0.2, -0.15) is 0 Å². The molecule has 1 aromatic heterocycles. The summed E-state index contributed by atoms with van der Waals surface area (Å²) in [5.74, 6) is 0.154. The van der Waals surface area contributed by atoms with E-state index in [0.29, 0.717) is 24.3 Å². The minimum Gasteiger partial charge on any atom is -0.481 e. The monoisotopic (exact) mass is 307 g/mol. The summed E-state index contributed by atoms with van der Waals surface area (Å²) >= 11 is 0. The van der Waals surface area contributed by atoms with Crippen LogP contribution in [0, 0.1) is 5.41 Å². The maximum Gasteiger partial charge on any atom is 0.320 e. The summed E-state index contributed by atoms with van der Waals surface area (Å²) in [5, 5.41) is 13.0. The Morgan fingerprint density at radius 2 is 2.32 bits per heavy atom. The summed E-state index contributed by atoms with van der Waals surface area (Å²) in [6, 6.07) is 1.08. The molecule has 0 aliphatic rings. The summed E-state index contributed by atoms with van der Waals surface area (Å²) in [6.45, 7) is 2.76. The molecule has 1 heterocycles. The molecule has 2 amide bonds. The summed E-state index contributed by atoms with van der Waals surface area (Å²) in [4.78, 5) is 19.9. The van der Waals surface area contributed by atoms with Crippen molar-refractivity contribution in [1.82, 2.24) is 10.3 Å². The van der Waals surface area contributed by atoms with Gasteiger partial charge in [-0.3, -0.25) is 15.7 Å². The standard InChI is InChI=1S/C13H21N7O2/c1-3-18-13(21)20-10-6-8(15)11(12(16)22-2)9(19-10)7-17-5-4-14/h5-6,16H,3-4,7,14H2,1-2H3,(H4,15,18,19,20,21). The fourth-order valence-electron chi connectivity index (χ4n) is 1.71. The lowest BCUT2D eigenvalue weighted by atomic mass is 10.1. The van der Waals surface area contributed by atoms with Crippen LogP contribution in [0.3, 0.4) is 0 Å². The van der Waals surface area contributed by atoms with Gasteiger partial charge in [-0.25, -0.2) is 9.78 Å². The number of aliphatic imine (C=N–C) groups is 1. The van der Waals surface area contributed by atoms with Crippen molar-refractivity contribution in [1.29, 1.82) is 5.41 Å². The van der Waals surface area contributed by atoms with Crippen molar-refractivity contribution in [3.63, 3.8) is 0 Å². The highest BCUT2D eigenvalue weighted by molar-refractivity contribution is 5.99. The first-order valence-electron chi connectivity index (χ1n) is 6.68. The summed E-state index contributed by atoms with van der Waals surface area (Å²) < 4.78 is 4.91. The Morgan fingerprint density at radius 3 is 2.91 bits per heavy atom. The number of methoxy groups -OCH3 is 1. The van der Waals surface area contributed by atoms with Gasteiger partial charge in [0.1, 0.15) is 5.82 Å². The van der Waals surface area contributed by atoms with Crippen molar-refractivity contribution in [2.75, 3.05) is 31.2 Å². The van der Waals surface area contributed by atoms with E-state index in [0.717, 1.165) is 0 Å². The second-order valence-electron chi connectivity index (χ2n) is 4.20. The van der Waals surface area contributed by atoms with E-state index in [1.165, 1.54) is 19.4 Å². The normalized spacial score (nSPS) is 10.5. The van der Waals surface area contributed by atoms with E-state index in [-0.39, 0.29) is 30.0 Å². The SMILES string of the molecule is CCNC(=O)Nc1cc(N)c(C(=N)OC)c(CN=CCN)n1. The summed E-state index contributed by atoms with van der Waals surface area (Å²) in [5.41, 5.74) is 12.3. The molecule has 0 spiro atoms. The van der Waals surface area contributed by atoms with Crippen molar-refractivity contribution in [3.8, 4) is 0 Å². The van der Waals surface area contributed by atoms with Gasteiger partial charge in [0.15, 0.2) is 0 Å². The highest BCUT2D eigenvalue weighted by atomic mass is 16.5. The number of nitrogens with one attached hydrogen (secondary N) is 3. The molecular formula is C13H21N7O2. The first-order valence-corrected chi connectivity index (χ1v) is 6.68. The van der Waals surface area contributed by atoms with Crippen molar-refractivity contribution < 1.29 is 9.53 Å². The molecule has 0 aromatic carbocycles. The Morgan fingerprint density at radius 1 is 1.59 bits per heavy atom. The zero-order valence-corrected chi connectivity index (χ0v) is 12.6. The molecule has 0 aliphatic heterocycles. The molecule has 0 saturated heterocycles. The zero-order chi connectivity index (χ0) is 16.5. The van der Waals surface area contributed by atoms with Crippen LogP contribution in [0.5, 0.6) is 0 Å². The number of hydrogen-bond acceptors (Lipinski definition) is 7.